The molecule has 2 rings (SSSR count). The summed E-state index contributed by atoms with van der Waals surface area (Å²) in [7, 11) is 2.14. The van der Waals surface area contributed by atoms with Crippen LogP contribution in [-0.2, 0) is 6.54 Å². The Morgan fingerprint density at radius 3 is 2.40 bits per heavy atom. The molecule has 0 saturated carbocycles. The molecular weight excluding hydrogens is 380 g/mol. The maximum atomic E-state index is 3.51. The van der Waals surface area contributed by atoms with E-state index < -0.39 is 0 Å². The van der Waals surface area contributed by atoms with Gasteiger partial charge in [0.2, 0.25) is 0 Å². The zero-order valence-corrected chi connectivity index (χ0v) is 14.6. The first-order valence-electron chi connectivity index (χ1n) is 6.56. The van der Waals surface area contributed by atoms with Crippen LogP contribution in [0.25, 0.3) is 0 Å². The lowest BCUT2D eigenvalue weighted by molar-refractivity contribution is 0.340. The molecule has 0 heterocycles. The van der Waals surface area contributed by atoms with Crippen molar-refractivity contribution in [2.75, 3.05) is 25.5 Å². The third-order valence-corrected chi connectivity index (χ3v) is 3.98. The monoisotopic (exact) mass is 396 g/mol. The van der Waals surface area contributed by atoms with Crippen molar-refractivity contribution in [1.29, 1.82) is 0 Å². The number of rotatable bonds is 6. The van der Waals surface area contributed by atoms with Gasteiger partial charge in [0.1, 0.15) is 0 Å². The molecule has 0 aromatic heterocycles. The second kappa shape index (κ2) is 7.81. The molecule has 0 radical (unpaired) electrons. The van der Waals surface area contributed by atoms with Crippen molar-refractivity contribution < 1.29 is 0 Å². The predicted molar refractivity (Wildman–Crippen MR) is 93.1 cm³/mol. The average Bonchev–Trinajstić information content (AvgIpc) is 2.38. The maximum absolute atomic E-state index is 3.51. The Kier molecular flexibility index (Phi) is 6.07. The standard InChI is InChI=1S/C16H18Br2N2/c1-20(12-13-4-2-5-14(17)10-13)9-8-19-16-7-3-6-15(18)11-16/h2-7,10-11,19H,8-9,12H2,1H3. The number of likely N-dealkylation sites (N-methyl/N-ethyl adjacent to an activating group) is 1. The Hall–Kier alpha value is -0.840. The Bertz CT molecular complexity index is 558. The van der Waals surface area contributed by atoms with Gasteiger partial charge in [-0.1, -0.05) is 50.1 Å². The number of hydrogen-bond acceptors (Lipinski definition) is 2. The van der Waals surface area contributed by atoms with E-state index in [1.54, 1.807) is 0 Å². The van der Waals surface area contributed by atoms with Crippen molar-refractivity contribution in [1.82, 2.24) is 4.90 Å². The molecule has 0 atom stereocenters. The zero-order chi connectivity index (χ0) is 14.4. The van der Waals surface area contributed by atoms with E-state index in [-0.39, 0.29) is 0 Å². The van der Waals surface area contributed by atoms with Gasteiger partial charge in [0.15, 0.2) is 0 Å². The summed E-state index contributed by atoms with van der Waals surface area (Å²) < 4.78 is 2.24. The molecule has 2 aromatic rings. The topological polar surface area (TPSA) is 15.3 Å². The van der Waals surface area contributed by atoms with E-state index in [9.17, 15) is 0 Å². The molecule has 106 valence electrons. The van der Waals surface area contributed by atoms with Crippen LogP contribution in [0.5, 0.6) is 0 Å². The molecule has 0 amide bonds. The second-order valence-corrected chi connectivity index (χ2v) is 6.64. The molecule has 0 aliphatic rings. The minimum absolute atomic E-state index is 0.932. The summed E-state index contributed by atoms with van der Waals surface area (Å²) in [6.45, 7) is 2.89. The van der Waals surface area contributed by atoms with E-state index in [1.165, 1.54) is 5.56 Å². The van der Waals surface area contributed by atoms with Crippen molar-refractivity contribution in [3.05, 3.63) is 63.0 Å². The van der Waals surface area contributed by atoms with Gasteiger partial charge in [0.25, 0.3) is 0 Å². The van der Waals surface area contributed by atoms with Crippen LogP contribution >= 0.6 is 31.9 Å². The Morgan fingerprint density at radius 1 is 1.00 bits per heavy atom. The van der Waals surface area contributed by atoms with Crippen molar-refractivity contribution in [3.8, 4) is 0 Å². The fourth-order valence-electron chi connectivity index (χ4n) is 2.02. The first kappa shape index (κ1) is 15.5. The highest BCUT2D eigenvalue weighted by atomic mass is 79.9. The first-order valence-corrected chi connectivity index (χ1v) is 8.14. The third kappa shape index (κ3) is 5.27. The summed E-state index contributed by atoms with van der Waals surface area (Å²) in [5, 5.41) is 3.43. The highest BCUT2D eigenvalue weighted by Crippen LogP contribution is 2.15. The van der Waals surface area contributed by atoms with Gasteiger partial charge in [-0.25, -0.2) is 0 Å². The van der Waals surface area contributed by atoms with E-state index in [1.807, 2.05) is 12.1 Å². The molecule has 1 N–H and O–H groups in total. The quantitative estimate of drug-likeness (QED) is 0.756. The highest BCUT2D eigenvalue weighted by molar-refractivity contribution is 9.10. The van der Waals surface area contributed by atoms with Gasteiger partial charge in [-0.15, -0.1) is 0 Å². The van der Waals surface area contributed by atoms with E-state index in [2.05, 4.69) is 85.5 Å². The van der Waals surface area contributed by atoms with E-state index in [4.69, 9.17) is 0 Å². The molecule has 0 fully saturated rings. The van der Waals surface area contributed by atoms with Crippen LogP contribution in [0.3, 0.4) is 0 Å². The molecule has 4 heteroatoms. The fraction of sp³-hybridized carbons (Fsp3) is 0.250. The molecular formula is C16H18Br2N2. The average molecular weight is 398 g/mol. The van der Waals surface area contributed by atoms with Gasteiger partial charge < -0.3 is 10.2 Å². The maximum Gasteiger partial charge on any atom is 0.0351 e. The Balaban J connectivity index is 1.76. The SMILES string of the molecule is CN(CCNc1cccc(Br)c1)Cc1cccc(Br)c1. The molecule has 0 aliphatic heterocycles. The van der Waals surface area contributed by atoms with Gasteiger partial charge in [0.05, 0.1) is 0 Å². The van der Waals surface area contributed by atoms with Crippen molar-refractivity contribution in [2.45, 2.75) is 6.54 Å². The molecule has 2 aromatic carbocycles. The number of nitrogens with one attached hydrogen (secondary N) is 1. The van der Waals surface area contributed by atoms with Gasteiger partial charge in [-0.3, -0.25) is 0 Å². The molecule has 0 aliphatic carbocycles. The number of nitrogens with zero attached hydrogens (tertiary/aromatic N) is 1. The molecule has 0 saturated heterocycles. The minimum Gasteiger partial charge on any atom is -0.384 e. The fourth-order valence-corrected chi connectivity index (χ4v) is 2.86. The lowest BCUT2D eigenvalue weighted by atomic mass is 10.2. The zero-order valence-electron chi connectivity index (χ0n) is 11.4. The highest BCUT2D eigenvalue weighted by Gasteiger charge is 2.01. The summed E-state index contributed by atoms with van der Waals surface area (Å²) in [5.74, 6) is 0. The lowest BCUT2D eigenvalue weighted by Crippen LogP contribution is -2.24. The van der Waals surface area contributed by atoms with Gasteiger partial charge >= 0.3 is 0 Å². The van der Waals surface area contributed by atoms with E-state index >= 15 is 0 Å². The summed E-state index contributed by atoms with van der Waals surface area (Å²) in [4.78, 5) is 2.31. The largest absolute Gasteiger partial charge is 0.384 e. The lowest BCUT2D eigenvalue weighted by Gasteiger charge is -2.17. The Morgan fingerprint density at radius 2 is 1.70 bits per heavy atom. The molecule has 0 bridgehead atoms. The van der Waals surface area contributed by atoms with E-state index in [0.29, 0.717) is 0 Å². The van der Waals surface area contributed by atoms with Crippen molar-refractivity contribution in [2.24, 2.45) is 0 Å². The summed E-state index contributed by atoms with van der Waals surface area (Å²) in [5.41, 5.74) is 2.47. The van der Waals surface area contributed by atoms with E-state index in [0.717, 1.165) is 34.3 Å². The van der Waals surface area contributed by atoms with Crippen LogP contribution in [0.4, 0.5) is 5.69 Å². The Labute approximate surface area is 137 Å². The molecule has 0 spiro atoms. The minimum atomic E-state index is 0.932. The second-order valence-electron chi connectivity index (χ2n) is 4.80. The van der Waals surface area contributed by atoms with Crippen LogP contribution in [0.15, 0.2) is 57.5 Å². The van der Waals surface area contributed by atoms with Crippen LogP contribution in [0, 0.1) is 0 Å². The number of anilines is 1. The first-order chi connectivity index (χ1) is 9.63. The summed E-state index contributed by atoms with van der Waals surface area (Å²) in [6, 6.07) is 16.7. The predicted octanol–water partition coefficient (Wildman–Crippen LogP) is 4.76. The van der Waals surface area contributed by atoms with Crippen LogP contribution < -0.4 is 5.32 Å². The third-order valence-electron chi connectivity index (χ3n) is 2.99. The molecule has 0 unspecified atom stereocenters. The smallest absolute Gasteiger partial charge is 0.0351 e. The number of benzene rings is 2. The van der Waals surface area contributed by atoms with Crippen LogP contribution in [0.1, 0.15) is 5.56 Å². The molecule has 2 nitrogen and oxygen atoms in total. The summed E-state index contributed by atoms with van der Waals surface area (Å²) >= 11 is 6.99. The molecule has 20 heavy (non-hydrogen) atoms. The van der Waals surface area contributed by atoms with Crippen molar-refractivity contribution in [3.63, 3.8) is 0 Å². The normalized spacial score (nSPS) is 10.8. The van der Waals surface area contributed by atoms with Gasteiger partial charge in [-0.2, -0.15) is 0 Å². The summed E-state index contributed by atoms with van der Waals surface area (Å²) in [6.07, 6.45) is 0. The van der Waals surface area contributed by atoms with Gasteiger partial charge in [-0.05, 0) is 42.9 Å². The van der Waals surface area contributed by atoms with Crippen LogP contribution in [-0.4, -0.2) is 25.0 Å². The van der Waals surface area contributed by atoms with Crippen LogP contribution in [0.2, 0.25) is 0 Å². The van der Waals surface area contributed by atoms with Crippen molar-refractivity contribution >= 4 is 37.5 Å². The number of hydrogen-bond donors (Lipinski definition) is 1. The number of halogens is 2. The van der Waals surface area contributed by atoms with Gasteiger partial charge in [0, 0.05) is 34.3 Å².